The maximum Gasteiger partial charge on any atom is 0.227 e. The van der Waals surface area contributed by atoms with Crippen LogP contribution in [0.2, 0.25) is 0 Å². The summed E-state index contributed by atoms with van der Waals surface area (Å²) < 4.78 is 0. The number of fused-ring (bicyclic) bond motifs is 1. The minimum absolute atomic E-state index is 0.249. The topological polar surface area (TPSA) is 32.3 Å². The minimum Gasteiger partial charge on any atom is -0.342 e. The van der Waals surface area contributed by atoms with Crippen molar-refractivity contribution in [2.75, 3.05) is 26.2 Å². The second kappa shape index (κ2) is 4.02. The van der Waals surface area contributed by atoms with Gasteiger partial charge >= 0.3 is 0 Å². The van der Waals surface area contributed by atoms with Crippen LogP contribution >= 0.6 is 0 Å². The third-order valence-corrected chi connectivity index (χ3v) is 4.87. The first-order valence-corrected chi connectivity index (χ1v) is 6.75. The average molecular weight is 222 g/mol. The summed E-state index contributed by atoms with van der Waals surface area (Å²) in [5.41, 5.74) is 0. The summed E-state index contributed by atoms with van der Waals surface area (Å²) in [5, 5.41) is 3.33. The molecule has 4 atom stereocenters. The summed E-state index contributed by atoms with van der Waals surface area (Å²) in [6.45, 7) is 6.20. The Labute approximate surface area is 97.6 Å². The maximum absolute atomic E-state index is 12.4. The van der Waals surface area contributed by atoms with E-state index >= 15 is 0 Å². The van der Waals surface area contributed by atoms with Crippen molar-refractivity contribution < 1.29 is 4.79 Å². The van der Waals surface area contributed by atoms with Crippen LogP contribution in [0.15, 0.2) is 0 Å². The van der Waals surface area contributed by atoms with Gasteiger partial charge < -0.3 is 10.2 Å². The van der Waals surface area contributed by atoms with Crippen molar-refractivity contribution in [3.63, 3.8) is 0 Å². The number of nitrogens with one attached hydrogen (secondary N) is 1. The molecule has 0 bridgehead atoms. The second-order valence-corrected chi connectivity index (χ2v) is 5.94. The van der Waals surface area contributed by atoms with Gasteiger partial charge in [0.1, 0.15) is 0 Å². The zero-order chi connectivity index (χ0) is 11.1. The monoisotopic (exact) mass is 222 g/mol. The molecular formula is C13H22N2O. The van der Waals surface area contributed by atoms with Crippen molar-refractivity contribution in [1.29, 1.82) is 0 Å². The molecule has 3 aliphatic rings. The Morgan fingerprint density at radius 1 is 1.19 bits per heavy atom. The van der Waals surface area contributed by atoms with E-state index in [1.807, 2.05) is 0 Å². The lowest BCUT2D eigenvalue weighted by atomic mass is 9.97. The molecule has 1 N–H and O–H groups in total. The summed E-state index contributed by atoms with van der Waals surface area (Å²) in [6, 6.07) is 0. The predicted octanol–water partition coefficient (Wildman–Crippen LogP) is 1.10. The molecule has 2 saturated heterocycles. The number of hydrogen-bond acceptors (Lipinski definition) is 2. The van der Waals surface area contributed by atoms with Crippen molar-refractivity contribution in [1.82, 2.24) is 10.2 Å². The highest BCUT2D eigenvalue weighted by Crippen LogP contribution is 2.38. The molecule has 1 amide bonds. The number of rotatable bonds is 1. The van der Waals surface area contributed by atoms with Gasteiger partial charge in [-0.15, -0.1) is 0 Å². The molecule has 3 heteroatoms. The smallest absolute Gasteiger partial charge is 0.227 e. The Morgan fingerprint density at radius 3 is 2.44 bits per heavy atom. The molecule has 90 valence electrons. The first-order chi connectivity index (χ1) is 7.75. The summed E-state index contributed by atoms with van der Waals surface area (Å²) in [7, 11) is 0. The average Bonchev–Trinajstić information content (AvgIpc) is 2.89. The molecule has 0 aromatic rings. The van der Waals surface area contributed by atoms with Gasteiger partial charge in [0.2, 0.25) is 5.91 Å². The molecule has 2 heterocycles. The number of nitrogens with zero attached hydrogens (tertiary/aromatic N) is 1. The summed E-state index contributed by atoms with van der Waals surface area (Å²) in [5.74, 6) is 2.85. The molecule has 1 saturated carbocycles. The van der Waals surface area contributed by atoms with Crippen molar-refractivity contribution >= 4 is 5.91 Å². The lowest BCUT2D eigenvalue weighted by molar-refractivity contribution is -0.135. The Kier molecular flexibility index (Phi) is 2.66. The van der Waals surface area contributed by atoms with Crippen molar-refractivity contribution in [3.05, 3.63) is 0 Å². The van der Waals surface area contributed by atoms with E-state index in [1.165, 1.54) is 19.3 Å². The largest absolute Gasteiger partial charge is 0.342 e. The van der Waals surface area contributed by atoms with Crippen molar-refractivity contribution in [2.24, 2.45) is 23.7 Å². The van der Waals surface area contributed by atoms with Gasteiger partial charge in [-0.1, -0.05) is 13.3 Å². The number of amides is 1. The van der Waals surface area contributed by atoms with E-state index in [9.17, 15) is 4.79 Å². The Hall–Kier alpha value is -0.570. The SMILES string of the molecule is CC1CNCC1C(=O)N1CC2CCCC2C1. The van der Waals surface area contributed by atoms with Crippen LogP contribution < -0.4 is 5.32 Å². The number of likely N-dealkylation sites (tertiary alicyclic amines) is 1. The molecule has 0 spiro atoms. The molecule has 3 rings (SSSR count). The van der Waals surface area contributed by atoms with Gasteiger partial charge in [-0.3, -0.25) is 4.79 Å². The van der Waals surface area contributed by atoms with Gasteiger partial charge in [-0.25, -0.2) is 0 Å². The van der Waals surface area contributed by atoms with Crippen LogP contribution in [0.25, 0.3) is 0 Å². The van der Waals surface area contributed by atoms with Crippen molar-refractivity contribution in [3.8, 4) is 0 Å². The highest BCUT2D eigenvalue weighted by molar-refractivity contribution is 5.80. The zero-order valence-corrected chi connectivity index (χ0v) is 10.1. The van der Waals surface area contributed by atoms with Gasteiger partial charge in [0, 0.05) is 19.6 Å². The summed E-state index contributed by atoms with van der Waals surface area (Å²) in [4.78, 5) is 14.5. The number of carbonyl (C=O) groups is 1. The van der Waals surface area contributed by atoms with Crippen LogP contribution in [0.3, 0.4) is 0 Å². The van der Waals surface area contributed by atoms with E-state index in [-0.39, 0.29) is 5.92 Å². The van der Waals surface area contributed by atoms with Gasteiger partial charge in [-0.05, 0) is 37.1 Å². The van der Waals surface area contributed by atoms with E-state index in [1.54, 1.807) is 0 Å². The van der Waals surface area contributed by atoms with Gasteiger partial charge in [0.05, 0.1) is 5.92 Å². The highest BCUT2D eigenvalue weighted by atomic mass is 16.2. The van der Waals surface area contributed by atoms with E-state index in [0.29, 0.717) is 11.8 Å². The fourth-order valence-corrected chi connectivity index (χ4v) is 3.79. The molecule has 1 aliphatic carbocycles. The van der Waals surface area contributed by atoms with Crippen LogP contribution in [0.5, 0.6) is 0 Å². The second-order valence-electron chi connectivity index (χ2n) is 5.94. The third kappa shape index (κ3) is 1.65. The molecule has 0 radical (unpaired) electrons. The first kappa shape index (κ1) is 10.6. The lowest BCUT2D eigenvalue weighted by Crippen LogP contribution is -2.37. The minimum atomic E-state index is 0.249. The molecule has 3 fully saturated rings. The van der Waals surface area contributed by atoms with Crippen molar-refractivity contribution in [2.45, 2.75) is 26.2 Å². The van der Waals surface area contributed by atoms with Crippen LogP contribution in [-0.4, -0.2) is 37.0 Å². The number of hydrogen-bond donors (Lipinski definition) is 1. The van der Waals surface area contributed by atoms with Crippen LogP contribution in [-0.2, 0) is 4.79 Å². The quantitative estimate of drug-likeness (QED) is 0.720. The highest BCUT2D eigenvalue weighted by Gasteiger charge is 2.41. The van der Waals surface area contributed by atoms with Crippen LogP contribution in [0.4, 0.5) is 0 Å². The predicted molar refractivity (Wildman–Crippen MR) is 62.9 cm³/mol. The fraction of sp³-hybridized carbons (Fsp3) is 0.923. The van der Waals surface area contributed by atoms with Gasteiger partial charge in [0.15, 0.2) is 0 Å². The normalized spacial score (nSPS) is 42.7. The van der Waals surface area contributed by atoms with E-state index in [0.717, 1.165) is 38.0 Å². The Morgan fingerprint density at radius 2 is 1.88 bits per heavy atom. The number of carbonyl (C=O) groups excluding carboxylic acids is 1. The third-order valence-electron chi connectivity index (χ3n) is 4.87. The molecule has 2 aliphatic heterocycles. The summed E-state index contributed by atoms with van der Waals surface area (Å²) >= 11 is 0. The molecule has 3 nitrogen and oxygen atoms in total. The maximum atomic E-state index is 12.4. The summed E-state index contributed by atoms with van der Waals surface area (Å²) in [6.07, 6.45) is 4.10. The standard InChI is InChI=1S/C13H22N2O/c1-9-5-14-6-12(9)13(16)15-7-10-3-2-4-11(10)8-15/h9-12,14H,2-8H2,1H3. The zero-order valence-electron chi connectivity index (χ0n) is 10.1. The van der Waals surface area contributed by atoms with Crippen LogP contribution in [0.1, 0.15) is 26.2 Å². The lowest BCUT2D eigenvalue weighted by Gasteiger charge is -2.23. The van der Waals surface area contributed by atoms with E-state index in [2.05, 4.69) is 17.1 Å². The Bertz CT molecular complexity index is 280. The molecular weight excluding hydrogens is 200 g/mol. The van der Waals surface area contributed by atoms with E-state index < -0.39 is 0 Å². The van der Waals surface area contributed by atoms with Gasteiger partial charge in [-0.2, -0.15) is 0 Å². The molecule has 16 heavy (non-hydrogen) atoms. The molecule has 4 unspecified atom stereocenters. The molecule has 0 aromatic heterocycles. The van der Waals surface area contributed by atoms with Crippen LogP contribution in [0, 0.1) is 23.7 Å². The Balaban J connectivity index is 1.63. The fourth-order valence-electron chi connectivity index (χ4n) is 3.79. The molecule has 0 aromatic carbocycles. The first-order valence-electron chi connectivity index (χ1n) is 6.75. The van der Waals surface area contributed by atoms with Gasteiger partial charge in [0.25, 0.3) is 0 Å². The van der Waals surface area contributed by atoms with E-state index in [4.69, 9.17) is 0 Å².